The molecular formula is C29H33FN2O5. The van der Waals surface area contributed by atoms with Gasteiger partial charge in [-0.1, -0.05) is 24.3 Å². The Morgan fingerprint density at radius 3 is 2.19 bits per heavy atom. The van der Waals surface area contributed by atoms with E-state index in [2.05, 4.69) is 4.98 Å². The van der Waals surface area contributed by atoms with E-state index in [0.29, 0.717) is 22.5 Å². The molecule has 8 heteroatoms. The van der Waals surface area contributed by atoms with Crippen molar-refractivity contribution in [2.75, 3.05) is 12.0 Å². The van der Waals surface area contributed by atoms with Crippen molar-refractivity contribution in [3.8, 4) is 16.9 Å². The summed E-state index contributed by atoms with van der Waals surface area (Å²) in [5.74, 6) is 0.415. The van der Waals surface area contributed by atoms with E-state index in [1.165, 1.54) is 4.90 Å². The Hall–Kier alpha value is -4.03. The molecule has 1 heterocycles. The van der Waals surface area contributed by atoms with Crippen LogP contribution in [0.1, 0.15) is 48.7 Å². The summed E-state index contributed by atoms with van der Waals surface area (Å²) in [5, 5.41) is 0. The maximum absolute atomic E-state index is 15.3. The van der Waals surface area contributed by atoms with Crippen LogP contribution in [0.2, 0.25) is 0 Å². The summed E-state index contributed by atoms with van der Waals surface area (Å²) in [6.45, 7) is 13.1. The molecule has 0 aliphatic heterocycles. The maximum atomic E-state index is 15.3. The fourth-order valence-corrected chi connectivity index (χ4v) is 3.94. The summed E-state index contributed by atoms with van der Waals surface area (Å²) in [7, 11) is 1.61. The second kappa shape index (κ2) is 12.3. The minimum absolute atomic E-state index is 0.148. The van der Waals surface area contributed by atoms with Gasteiger partial charge in [0.25, 0.3) is 0 Å². The Morgan fingerprint density at radius 1 is 1.00 bits per heavy atom. The third-order valence-electron chi connectivity index (χ3n) is 5.66. The minimum Gasteiger partial charge on any atom is -0.496 e. The van der Waals surface area contributed by atoms with Gasteiger partial charge >= 0.3 is 12.2 Å². The van der Waals surface area contributed by atoms with Crippen molar-refractivity contribution in [1.29, 1.82) is 0 Å². The molecule has 0 N–H and O–H groups in total. The highest BCUT2D eigenvalue weighted by molar-refractivity contribution is 5.89. The number of rotatable bonds is 5. The molecule has 0 aliphatic carbocycles. The molecule has 1 aromatic heterocycles. The van der Waals surface area contributed by atoms with Crippen LogP contribution in [0.3, 0.4) is 0 Å². The number of methoxy groups -OCH3 is 1. The normalized spacial score (nSPS) is 10.6. The van der Waals surface area contributed by atoms with Crippen LogP contribution in [-0.2, 0) is 20.9 Å². The molecule has 3 aromatic rings. The van der Waals surface area contributed by atoms with E-state index in [-0.39, 0.29) is 18.5 Å². The second-order valence-electron chi connectivity index (χ2n) is 9.64. The number of carbonyl (C=O) groups is 1. The summed E-state index contributed by atoms with van der Waals surface area (Å²) in [5.41, 5.74) is 4.86. The number of aromatic nitrogens is 1. The quantitative estimate of drug-likeness (QED) is 0.392. The fraction of sp³-hybridized carbons (Fsp3) is 0.345. The lowest BCUT2D eigenvalue weighted by molar-refractivity contribution is -0.191. The molecule has 37 heavy (non-hydrogen) atoms. The number of hydrogen-bond acceptors (Lipinski definition) is 6. The zero-order valence-corrected chi connectivity index (χ0v) is 22.6. The van der Waals surface area contributed by atoms with E-state index < -0.39 is 11.7 Å². The smallest absolute Gasteiger partial charge is 0.415 e. The van der Waals surface area contributed by atoms with Gasteiger partial charge in [-0.25, -0.2) is 9.18 Å². The molecule has 2 aromatic carbocycles. The Labute approximate surface area is 217 Å². The van der Waals surface area contributed by atoms with Gasteiger partial charge in [0.1, 0.15) is 17.2 Å². The highest BCUT2D eigenvalue weighted by atomic mass is 19.1. The summed E-state index contributed by atoms with van der Waals surface area (Å²) < 4.78 is 26.5. The molecule has 196 valence electrons. The van der Waals surface area contributed by atoms with Crippen LogP contribution in [0.15, 0.2) is 42.6 Å². The third-order valence-corrected chi connectivity index (χ3v) is 5.66. The van der Waals surface area contributed by atoms with Crippen LogP contribution in [-0.4, -0.2) is 29.9 Å². The zero-order valence-electron chi connectivity index (χ0n) is 22.6. The average molecular weight is 509 g/mol. The topological polar surface area (TPSA) is 85.8 Å². The van der Waals surface area contributed by atoms with Crippen LogP contribution in [0.25, 0.3) is 11.1 Å². The lowest BCUT2D eigenvalue weighted by Crippen LogP contribution is -2.37. The van der Waals surface area contributed by atoms with Gasteiger partial charge in [0.15, 0.2) is 0 Å². The SMILES string of the molecule is COc1c(C)cnc(CN(C(=O)OC(C)(C)C)c2cc(C)c(F)c(-c3ccccc3C)c2)c1C.O=C=O. The van der Waals surface area contributed by atoms with Crippen molar-refractivity contribution in [1.82, 2.24) is 4.98 Å². The first-order chi connectivity index (χ1) is 17.3. The molecule has 7 nitrogen and oxygen atoms in total. The monoisotopic (exact) mass is 508 g/mol. The standard InChI is InChI=1S/C28H33FN2O3.CO2/c1-17-11-9-10-12-22(17)23-14-21(13-18(2)25(23)29)31(27(32)34-28(5,6)7)16-24-20(4)26(33-8)19(3)15-30-24;2-1-3/h9-15H,16H2,1-8H3;. The highest BCUT2D eigenvalue weighted by Crippen LogP contribution is 2.34. The van der Waals surface area contributed by atoms with Gasteiger partial charge in [0.05, 0.1) is 19.3 Å². The average Bonchev–Trinajstić information content (AvgIpc) is 2.80. The molecular weight excluding hydrogens is 475 g/mol. The van der Waals surface area contributed by atoms with Gasteiger partial charge in [-0.2, -0.15) is 9.59 Å². The van der Waals surface area contributed by atoms with Crippen LogP contribution >= 0.6 is 0 Å². The van der Waals surface area contributed by atoms with Crippen molar-refractivity contribution < 1.29 is 28.2 Å². The van der Waals surface area contributed by atoms with Gasteiger partial charge in [-0.05, 0) is 77.3 Å². The van der Waals surface area contributed by atoms with Crippen molar-refractivity contribution in [3.05, 3.63) is 76.4 Å². The fourth-order valence-electron chi connectivity index (χ4n) is 3.94. The van der Waals surface area contributed by atoms with Crippen LogP contribution < -0.4 is 9.64 Å². The van der Waals surface area contributed by atoms with Gasteiger partial charge in [-0.3, -0.25) is 9.88 Å². The van der Waals surface area contributed by atoms with E-state index in [1.807, 2.05) is 65.8 Å². The van der Waals surface area contributed by atoms with Crippen molar-refractivity contribution in [2.45, 2.75) is 60.6 Å². The molecule has 0 radical (unpaired) electrons. The first-order valence-electron chi connectivity index (χ1n) is 11.7. The highest BCUT2D eigenvalue weighted by Gasteiger charge is 2.27. The van der Waals surface area contributed by atoms with Gasteiger partial charge in [0, 0.05) is 28.6 Å². The molecule has 0 atom stereocenters. The number of anilines is 1. The molecule has 0 saturated carbocycles. The van der Waals surface area contributed by atoms with Gasteiger partial charge in [-0.15, -0.1) is 0 Å². The van der Waals surface area contributed by atoms with Crippen molar-refractivity contribution in [3.63, 3.8) is 0 Å². The third kappa shape index (κ3) is 7.24. The van der Waals surface area contributed by atoms with Crippen LogP contribution in [0.4, 0.5) is 14.9 Å². The summed E-state index contributed by atoms with van der Waals surface area (Å²) in [6, 6.07) is 11.0. The van der Waals surface area contributed by atoms with E-state index >= 15 is 4.39 Å². The van der Waals surface area contributed by atoms with Crippen molar-refractivity contribution >= 4 is 17.9 Å². The number of halogens is 1. The van der Waals surface area contributed by atoms with Gasteiger partial charge in [0.2, 0.25) is 0 Å². The Bertz CT molecular complexity index is 1310. The number of ether oxygens (including phenoxy) is 2. The minimum atomic E-state index is -0.698. The summed E-state index contributed by atoms with van der Waals surface area (Å²) in [4.78, 5) is 35.7. The van der Waals surface area contributed by atoms with E-state index in [9.17, 15) is 4.79 Å². The Morgan fingerprint density at radius 2 is 1.62 bits per heavy atom. The molecule has 3 rings (SSSR count). The predicted octanol–water partition coefficient (Wildman–Crippen LogP) is 6.49. The summed E-state index contributed by atoms with van der Waals surface area (Å²) >= 11 is 0. The lowest BCUT2D eigenvalue weighted by atomic mass is 9.97. The number of aryl methyl sites for hydroxylation is 3. The van der Waals surface area contributed by atoms with Crippen molar-refractivity contribution in [2.24, 2.45) is 0 Å². The Kier molecular flexibility index (Phi) is 9.69. The summed E-state index contributed by atoms with van der Waals surface area (Å²) in [6.07, 6.45) is 1.44. The van der Waals surface area contributed by atoms with E-state index in [4.69, 9.17) is 19.1 Å². The number of benzene rings is 2. The number of nitrogens with zero attached hydrogens (tertiary/aromatic N) is 2. The largest absolute Gasteiger partial charge is 0.496 e. The van der Waals surface area contributed by atoms with E-state index in [0.717, 1.165) is 28.0 Å². The van der Waals surface area contributed by atoms with E-state index in [1.54, 1.807) is 32.4 Å². The number of hydrogen-bond donors (Lipinski definition) is 0. The van der Waals surface area contributed by atoms with Gasteiger partial charge < -0.3 is 9.47 Å². The molecule has 0 unspecified atom stereocenters. The zero-order chi connectivity index (χ0) is 27.9. The predicted molar refractivity (Wildman–Crippen MR) is 139 cm³/mol. The molecule has 0 saturated heterocycles. The van der Waals surface area contributed by atoms with Crippen LogP contribution in [0, 0.1) is 33.5 Å². The second-order valence-corrected chi connectivity index (χ2v) is 9.64. The number of amides is 1. The molecule has 0 fully saturated rings. The molecule has 0 aliphatic rings. The number of pyridine rings is 1. The first kappa shape index (κ1) is 29.2. The lowest BCUT2D eigenvalue weighted by Gasteiger charge is -2.28. The first-order valence-corrected chi connectivity index (χ1v) is 11.7. The molecule has 0 spiro atoms. The van der Waals surface area contributed by atoms with Crippen LogP contribution in [0.5, 0.6) is 5.75 Å². The molecule has 1 amide bonds. The number of carbonyl (C=O) groups excluding carboxylic acids is 3. The maximum Gasteiger partial charge on any atom is 0.415 e. The Balaban J connectivity index is 0.00000153. The molecule has 0 bridgehead atoms.